The van der Waals surface area contributed by atoms with Gasteiger partial charge in [-0.05, 0) is 34.7 Å². The lowest BCUT2D eigenvalue weighted by Gasteiger charge is -2.13. The number of aryl methyl sites for hydroxylation is 1. The second kappa shape index (κ2) is 11.2. The number of nitrogens with one attached hydrogen (secondary N) is 1. The van der Waals surface area contributed by atoms with Crippen molar-refractivity contribution >= 4 is 23.4 Å². The smallest absolute Gasteiger partial charge is 0.209 e. The largest absolute Gasteiger partial charge is 1.00 e. The fourth-order valence-electron chi connectivity index (χ4n) is 2.38. The molecule has 0 saturated carbocycles. The van der Waals surface area contributed by atoms with Crippen molar-refractivity contribution in [2.24, 2.45) is 7.05 Å². The SMILES string of the molecule is Cn1nnnc1SCCNCc1cc(Cl)ccc1OCc1ccccc1F.[Cl-]. The van der Waals surface area contributed by atoms with Crippen LogP contribution >= 0.6 is 23.4 Å². The van der Waals surface area contributed by atoms with Gasteiger partial charge in [0.05, 0.1) is 0 Å². The second-order valence-corrected chi connectivity index (χ2v) is 7.24. The summed E-state index contributed by atoms with van der Waals surface area (Å²) in [5.41, 5.74) is 1.43. The number of hydrogen-bond donors (Lipinski definition) is 1. The highest BCUT2D eigenvalue weighted by Gasteiger charge is 2.08. The maximum atomic E-state index is 13.8. The molecule has 6 nitrogen and oxygen atoms in total. The topological polar surface area (TPSA) is 64.9 Å². The summed E-state index contributed by atoms with van der Waals surface area (Å²) in [6, 6.07) is 12.0. The van der Waals surface area contributed by atoms with E-state index in [1.165, 1.54) is 6.07 Å². The first-order valence-corrected chi connectivity index (χ1v) is 9.70. The van der Waals surface area contributed by atoms with E-state index in [0.29, 0.717) is 22.9 Å². The number of ether oxygens (including phenoxy) is 1. The molecule has 0 spiro atoms. The molecule has 3 aromatic rings. The van der Waals surface area contributed by atoms with E-state index in [2.05, 4.69) is 20.8 Å². The number of nitrogens with zero attached hydrogens (tertiary/aromatic N) is 4. The molecule has 0 unspecified atom stereocenters. The molecule has 1 aromatic heterocycles. The Morgan fingerprint density at radius 2 is 2.04 bits per heavy atom. The molecule has 0 saturated heterocycles. The maximum Gasteiger partial charge on any atom is 0.209 e. The molecule has 0 aliphatic rings. The normalized spacial score (nSPS) is 10.5. The van der Waals surface area contributed by atoms with E-state index in [-0.39, 0.29) is 24.8 Å². The van der Waals surface area contributed by atoms with Crippen molar-refractivity contribution in [2.45, 2.75) is 18.3 Å². The van der Waals surface area contributed by atoms with Crippen molar-refractivity contribution in [3.63, 3.8) is 0 Å². The van der Waals surface area contributed by atoms with Crippen LogP contribution in [0.25, 0.3) is 0 Å². The van der Waals surface area contributed by atoms with Crippen molar-refractivity contribution in [1.82, 2.24) is 25.5 Å². The molecule has 0 radical (unpaired) electrons. The Morgan fingerprint density at radius 1 is 1.21 bits per heavy atom. The van der Waals surface area contributed by atoms with Crippen LogP contribution in [0, 0.1) is 5.82 Å². The highest BCUT2D eigenvalue weighted by Crippen LogP contribution is 2.24. The van der Waals surface area contributed by atoms with E-state index in [4.69, 9.17) is 16.3 Å². The molecule has 150 valence electrons. The minimum Gasteiger partial charge on any atom is -1.00 e. The van der Waals surface area contributed by atoms with Crippen molar-refractivity contribution in [1.29, 1.82) is 0 Å². The molecule has 10 heteroatoms. The van der Waals surface area contributed by atoms with Gasteiger partial charge in [-0.2, -0.15) is 0 Å². The number of tetrazole rings is 1. The Balaban J connectivity index is 0.00000280. The molecule has 2 aromatic carbocycles. The average Bonchev–Trinajstić information content (AvgIpc) is 3.07. The number of aromatic nitrogens is 4. The fraction of sp³-hybridized carbons (Fsp3) is 0.278. The van der Waals surface area contributed by atoms with Gasteiger partial charge in [0, 0.05) is 42.0 Å². The minimum absolute atomic E-state index is 0. The fourth-order valence-corrected chi connectivity index (χ4v) is 3.32. The van der Waals surface area contributed by atoms with Gasteiger partial charge in [0.25, 0.3) is 0 Å². The summed E-state index contributed by atoms with van der Waals surface area (Å²) in [4.78, 5) is 0. The number of rotatable bonds is 9. The van der Waals surface area contributed by atoms with Crippen LogP contribution in [0.5, 0.6) is 5.75 Å². The van der Waals surface area contributed by atoms with Gasteiger partial charge < -0.3 is 22.5 Å². The molecular weight excluding hydrogens is 424 g/mol. The number of halogens is 3. The zero-order valence-corrected chi connectivity index (χ0v) is 17.4. The third-order valence-electron chi connectivity index (χ3n) is 3.77. The summed E-state index contributed by atoms with van der Waals surface area (Å²) in [6.45, 7) is 1.51. The van der Waals surface area contributed by atoms with Crippen molar-refractivity contribution in [3.05, 3.63) is 64.4 Å². The summed E-state index contributed by atoms with van der Waals surface area (Å²) >= 11 is 7.68. The molecule has 0 bridgehead atoms. The van der Waals surface area contributed by atoms with E-state index in [1.54, 1.807) is 53.8 Å². The molecule has 3 rings (SSSR count). The summed E-state index contributed by atoms with van der Waals surface area (Å²) < 4.78 is 21.2. The van der Waals surface area contributed by atoms with Crippen LogP contribution in [0.4, 0.5) is 4.39 Å². The van der Waals surface area contributed by atoms with E-state index < -0.39 is 0 Å². The van der Waals surface area contributed by atoms with Gasteiger partial charge in [0.2, 0.25) is 5.16 Å². The van der Waals surface area contributed by atoms with Crippen LogP contribution in [0.2, 0.25) is 5.02 Å². The van der Waals surface area contributed by atoms with Gasteiger partial charge >= 0.3 is 0 Å². The van der Waals surface area contributed by atoms with Crippen LogP contribution in [-0.2, 0) is 20.2 Å². The molecule has 0 aliphatic heterocycles. The van der Waals surface area contributed by atoms with Gasteiger partial charge in [0.15, 0.2) is 0 Å². The Labute approximate surface area is 178 Å². The van der Waals surface area contributed by atoms with Crippen molar-refractivity contribution in [3.8, 4) is 5.75 Å². The number of thioether (sulfide) groups is 1. The molecule has 28 heavy (non-hydrogen) atoms. The lowest BCUT2D eigenvalue weighted by molar-refractivity contribution is -0.00000657. The summed E-state index contributed by atoms with van der Waals surface area (Å²) in [6.07, 6.45) is 0. The predicted molar refractivity (Wildman–Crippen MR) is 103 cm³/mol. The second-order valence-electron chi connectivity index (χ2n) is 5.74. The third kappa shape index (κ3) is 6.34. The Kier molecular flexibility index (Phi) is 8.98. The molecule has 1 heterocycles. The van der Waals surface area contributed by atoms with Crippen LogP contribution < -0.4 is 22.5 Å². The van der Waals surface area contributed by atoms with Crippen molar-refractivity contribution < 1.29 is 21.5 Å². The summed E-state index contributed by atoms with van der Waals surface area (Å²) in [5, 5.41) is 16.1. The van der Waals surface area contributed by atoms with Gasteiger partial charge in [-0.1, -0.05) is 41.6 Å². The van der Waals surface area contributed by atoms with Crippen LogP contribution in [0.3, 0.4) is 0 Å². The summed E-state index contributed by atoms with van der Waals surface area (Å²) in [7, 11) is 1.81. The lowest BCUT2D eigenvalue weighted by Crippen LogP contribution is -3.00. The summed E-state index contributed by atoms with van der Waals surface area (Å²) in [5.74, 6) is 1.22. The van der Waals surface area contributed by atoms with Crippen LogP contribution in [-0.4, -0.2) is 32.5 Å². The van der Waals surface area contributed by atoms with Crippen LogP contribution in [0.15, 0.2) is 47.6 Å². The minimum atomic E-state index is -0.276. The zero-order valence-electron chi connectivity index (χ0n) is 15.1. The quantitative estimate of drug-likeness (QED) is 0.383. The Hall–Kier alpha value is -1.87. The van der Waals surface area contributed by atoms with Crippen LogP contribution in [0.1, 0.15) is 11.1 Å². The molecule has 1 N–H and O–H groups in total. The molecular formula is C18H19Cl2FN5OS-. The van der Waals surface area contributed by atoms with Gasteiger partial charge in [-0.25, -0.2) is 9.07 Å². The van der Waals surface area contributed by atoms with Crippen molar-refractivity contribution in [2.75, 3.05) is 12.3 Å². The van der Waals surface area contributed by atoms with E-state index in [1.807, 2.05) is 6.07 Å². The van der Waals surface area contributed by atoms with E-state index in [9.17, 15) is 4.39 Å². The number of benzene rings is 2. The lowest BCUT2D eigenvalue weighted by atomic mass is 10.2. The standard InChI is InChI=1S/C18H19ClFN5OS.ClH/c1-25-18(22-23-24-25)27-9-8-21-11-14-10-15(19)6-7-17(14)26-12-13-4-2-3-5-16(13)20;/h2-7,10,21H,8-9,11-12H2,1H3;1H/p-1. The van der Waals surface area contributed by atoms with E-state index in [0.717, 1.165) is 23.0 Å². The Bertz CT molecular complexity index is 896. The third-order valence-corrected chi connectivity index (χ3v) is 5.02. The van der Waals surface area contributed by atoms with Gasteiger partial charge in [0.1, 0.15) is 18.2 Å². The molecule has 0 amide bonds. The Morgan fingerprint density at radius 3 is 2.79 bits per heavy atom. The highest BCUT2D eigenvalue weighted by atomic mass is 35.5. The molecule has 0 fully saturated rings. The van der Waals surface area contributed by atoms with E-state index >= 15 is 0 Å². The predicted octanol–water partition coefficient (Wildman–Crippen LogP) is 0.467. The average molecular weight is 443 g/mol. The number of hydrogen-bond acceptors (Lipinski definition) is 6. The first-order valence-electron chi connectivity index (χ1n) is 8.34. The molecule has 0 aliphatic carbocycles. The van der Waals surface area contributed by atoms with Gasteiger partial charge in [-0.3, -0.25) is 0 Å². The van der Waals surface area contributed by atoms with Gasteiger partial charge in [-0.15, -0.1) is 5.10 Å². The monoisotopic (exact) mass is 442 g/mol. The first kappa shape index (κ1) is 22.4. The molecule has 0 atom stereocenters. The first-order chi connectivity index (χ1) is 13.1. The maximum absolute atomic E-state index is 13.8. The highest BCUT2D eigenvalue weighted by molar-refractivity contribution is 7.99. The zero-order chi connectivity index (χ0) is 19.1.